The summed E-state index contributed by atoms with van der Waals surface area (Å²) in [4.78, 5) is 12.0. The van der Waals surface area contributed by atoms with Gasteiger partial charge in [0.05, 0.1) is 12.2 Å². The highest BCUT2D eigenvalue weighted by atomic mass is 16.3. The first-order chi connectivity index (χ1) is 9.63. The van der Waals surface area contributed by atoms with Gasteiger partial charge in [-0.05, 0) is 30.3 Å². The van der Waals surface area contributed by atoms with Crippen molar-refractivity contribution < 1.29 is 9.21 Å². The Kier molecular flexibility index (Phi) is 2.90. The molecule has 6 nitrogen and oxygen atoms in total. The number of rotatable bonds is 3. The van der Waals surface area contributed by atoms with Crippen molar-refractivity contribution in [2.75, 3.05) is 5.73 Å². The molecule has 2 aromatic heterocycles. The summed E-state index contributed by atoms with van der Waals surface area (Å²) in [7, 11) is 1.82. The number of nitrogens with one attached hydrogen (secondary N) is 1. The Hall–Kier alpha value is -2.76. The maximum absolute atomic E-state index is 12.0. The quantitative estimate of drug-likeness (QED) is 0.709. The largest absolute Gasteiger partial charge is 0.451 e. The molecule has 0 radical (unpaired) electrons. The predicted molar refractivity (Wildman–Crippen MR) is 75.0 cm³/mol. The van der Waals surface area contributed by atoms with Crippen LogP contribution in [0.1, 0.15) is 16.2 Å². The van der Waals surface area contributed by atoms with Crippen molar-refractivity contribution in [3.8, 4) is 0 Å². The van der Waals surface area contributed by atoms with E-state index < -0.39 is 0 Å². The van der Waals surface area contributed by atoms with Crippen molar-refractivity contribution in [3.63, 3.8) is 0 Å². The van der Waals surface area contributed by atoms with Crippen LogP contribution in [-0.4, -0.2) is 15.7 Å². The van der Waals surface area contributed by atoms with Gasteiger partial charge >= 0.3 is 0 Å². The topological polar surface area (TPSA) is 86.1 Å². The monoisotopic (exact) mass is 270 g/mol. The lowest BCUT2D eigenvalue weighted by Crippen LogP contribution is -2.23. The summed E-state index contributed by atoms with van der Waals surface area (Å²) < 4.78 is 7.20. The Bertz CT molecular complexity index is 772. The maximum Gasteiger partial charge on any atom is 0.287 e. The first kappa shape index (κ1) is 12.3. The van der Waals surface area contributed by atoms with Crippen LogP contribution in [0.3, 0.4) is 0 Å². The van der Waals surface area contributed by atoms with Crippen LogP contribution in [-0.2, 0) is 13.6 Å². The number of fused-ring (bicyclic) bond motifs is 1. The highest BCUT2D eigenvalue weighted by Crippen LogP contribution is 2.21. The van der Waals surface area contributed by atoms with Gasteiger partial charge < -0.3 is 15.5 Å². The summed E-state index contributed by atoms with van der Waals surface area (Å²) in [5.41, 5.74) is 7.89. The smallest absolute Gasteiger partial charge is 0.287 e. The first-order valence-electron chi connectivity index (χ1n) is 6.17. The number of carbonyl (C=O) groups excluding carboxylic acids is 1. The summed E-state index contributed by atoms with van der Waals surface area (Å²) >= 11 is 0. The van der Waals surface area contributed by atoms with Crippen LogP contribution < -0.4 is 11.1 Å². The zero-order chi connectivity index (χ0) is 14.1. The minimum Gasteiger partial charge on any atom is -0.451 e. The average Bonchev–Trinajstić information content (AvgIpc) is 3.01. The number of nitrogens with two attached hydrogens (primary N) is 1. The van der Waals surface area contributed by atoms with Crippen LogP contribution in [0.25, 0.3) is 11.0 Å². The first-order valence-corrected chi connectivity index (χ1v) is 6.17. The molecule has 0 bridgehead atoms. The zero-order valence-corrected chi connectivity index (χ0v) is 11.0. The summed E-state index contributed by atoms with van der Waals surface area (Å²) in [6, 6.07) is 8.80. The fraction of sp³-hybridized carbons (Fsp3) is 0.143. The molecule has 0 saturated heterocycles. The number of carbonyl (C=O) groups is 1. The highest BCUT2D eigenvalue weighted by Gasteiger charge is 2.12. The summed E-state index contributed by atoms with van der Waals surface area (Å²) in [6.07, 6.45) is 1.69. The molecule has 0 fully saturated rings. The Morgan fingerprint density at radius 2 is 2.25 bits per heavy atom. The molecule has 3 N–H and O–H groups in total. The van der Waals surface area contributed by atoms with Crippen LogP contribution in [0.2, 0.25) is 0 Å². The highest BCUT2D eigenvalue weighted by molar-refractivity contribution is 5.96. The van der Waals surface area contributed by atoms with E-state index in [2.05, 4.69) is 10.4 Å². The SMILES string of the molecule is Cn1nccc1CNC(=O)c1cc2cc(N)ccc2o1. The molecule has 0 saturated carbocycles. The number of anilines is 1. The molecule has 3 aromatic rings. The molecule has 0 unspecified atom stereocenters. The lowest BCUT2D eigenvalue weighted by atomic mass is 10.2. The molecule has 0 aliphatic carbocycles. The second-order valence-electron chi connectivity index (χ2n) is 4.54. The van der Waals surface area contributed by atoms with Crippen LogP contribution in [0, 0.1) is 0 Å². The molecule has 0 spiro atoms. The van der Waals surface area contributed by atoms with Crippen molar-refractivity contribution in [3.05, 3.63) is 48.0 Å². The molecule has 6 heteroatoms. The summed E-state index contributed by atoms with van der Waals surface area (Å²) in [6.45, 7) is 0.397. The lowest BCUT2D eigenvalue weighted by Gasteiger charge is -2.03. The number of hydrogen-bond acceptors (Lipinski definition) is 4. The van der Waals surface area contributed by atoms with Crippen molar-refractivity contribution in [2.45, 2.75) is 6.54 Å². The minimum absolute atomic E-state index is 0.263. The van der Waals surface area contributed by atoms with E-state index >= 15 is 0 Å². The number of aryl methyl sites for hydroxylation is 1. The molecule has 0 aliphatic rings. The molecular formula is C14H14N4O2. The van der Waals surface area contributed by atoms with Gasteiger partial charge in [-0.25, -0.2) is 0 Å². The molecule has 2 heterocycles. The Balaban J connectivity index is 1.77. The number of hydrogen-bond donors (Lipinski definition) is 2. The Morgan fingerprint density at radius 3 is 3.00 bits per heavy atom. The van der Waals surface area contributed by atoms with E-state index in [1.165, 1.54) is 0 Å². The van der Waals surface area contributed by atoms with Gasteiger partial charge in [0.25, 0.3) is 5.91 Å². The van der Waals surface area contributed by atoms with Crippen LogP contribution >= 0.6 is 0 Å². The zero-order valence-electron chi connectivity index (χ0n) is 11.0. The fourth-order valence-corrected chi connectivity index (χ4v) is 2.01. The van der Waals surface area contributed by atoms with Gasteiger partial charge in [0.1, 0.15) is 5.58 Å². The predicted octanol–water partition coefficient (Wildman–Crippen LogP) is 1.68. The van der Waals surface area contributed by atoms with Crippen LogP contribution in [0.15, 0.2) is 40.9 Å². The maximum atomic E-state index is 12.0. The van der Waals surface area contributed by atoms with E-state index in [9.17, 15) is 4.79 Å². The van der Waals surface area contributed by atoms with Gasteiger partial charge in [-0.3, -0.25) is 9.48 Å². The van der Waals surface area contributed by atoms with E-state index in [-0.39, 0.29) is 11.7 Å². The molecule has 0 atom stereocenters. The lowest BCUT2D eigenvalue weighted by molar-refractivity contribution is 0.0924. The van der Waals surface area contributed by atoms with E-state index in [1.807, 2.05) is 13.1 Å². The van der Waals surface area contributed by atoms with Crippen molar-refractivity contribution in [1.29, 1.82) is 0 Å². The van der Waals surface area contributed by atoms with Gasteiger partial charge in [-0.15, -0.1) is 0 Å². The molecular weight excluding hydrogens is 256 g/mol. The van der Waals surface area contributed by atoms with Crippen molar-refractivity contribution in [2.24, 2.45) is 7.05 Å². The Morgan fingerprint density at radius 1 is 1.40 bits per heavy atom. The summed E-state index contributed by atoms with van der Waals surface area (Å²) in [5.74, 6) is 0.00809. The van der Waals surface area contributed by atoms with Gasteiger partial charge in [-0.1, -0.05) is 0 Å². The average molecular weight is 270 g/mol. The third kappa shape index (κ3) is 2.23. The Labute approximate surface area is 115 Å². The molecule has 0 aliphatic heterocycles. The number of nitrogen functional groups attached to an aromatic ring is 1. The van der Waals surface area contributed by atoms with Crippen LogP contribution in [0.4, 0.5) is 5.69 Å². The van der Waals surface area contributed by atoms with E-state index in [4.69, 9.17) is 10.2 Å². The summed E-state index contributed by atoms with van der Waals surface area (Å²) in [5, 5.41) is 7.65. The van der Waals surface area contributed by atoms with Crippen LogP contribution in [0.5, 0.6) is 0 Å². The minimum atomic E-state index is -0.263. The number of benzene rings is 1. The molecule has 3 rings (SSSR count). The van der Waals surface area contributed by atoms with Gasteiger partial charge in [0.2, 0.25) is 0 Å². The van der Waals surface area contributed by atoms with Gasteiger partial charge in [-0.2, -0.15) is 5.10 Å². The van der Waals surface area contributed by atoms with Gasteiger partial charge in [0, 0.05) is 24.3 Å². The van der Waals surface area contributed by atoms with Gasteiger partial charge in [0.15, 0.2) is 5.76 Å². The number of amides is 1. The molecule has 1 amide bonds. The van der Waals surface area contributed by atoms with E-state index in [0.717, 1.165) is 11.1 Å². The number of furan rings is 1. The van der Waals surface area contributed by atoms with Crippen molar-refractivity contribution >= 4 is 22.6 Å². The standard InChI is InChI=1S/C14H14N4O2/c1-18-11(4-5-17-18)8-16-14(19)13-7-9-6-10(15)2-3-12(9)20-13/h2-7H,8,15H2,1H3,(H,16,19). The fourth-order valence-electron chi connectivity index (χ4n) is 2.01. The van der Waals surface area contributed by atoms with E-state index in [0.29, 0.717) is 17.8 Å². The normalized spacial score (nSPS) is 10.8. The second-order valence-corrected chi connectivity index (χ2v) is 4.54. The molecule has 1 aromatic carbocycles. The van der Waals surface area contributed by atoms with E-state index in [1.54, 1.807) is 35.1 Å². The van der Waals surface area contributed by atoms with Crippen molar-refractivity contribution in [1.82, 2.24) is 15.1 Å². The third-order valence-electron chi connectivity index (χ3n) is 3.12. The molecule has 102 valence electrons. The second kappa shape index (κ2) is 4.73. The molecule has 20 heavy (non-hydrogen) atoms. The number of aromatic nitrogens is 2. The number of nitrogens with zero attached hydrogens (tertiary/aromatic N) is 2. The third-order valence-corrected chi connectivity index (χ3v) is 3.12.